The van der Waals surface area contributed by atoms with E-state index >= 15 is 0 Å². The van der Waals surface area contributed by atoms with Gasteiger partial charge in [-0.15, -0.1) is 0 Å². The van der Waals surface area contributed by atoms with E-state index in [-0.39, 0.29) is 18.6 Å². The van der Waals surface area contributed by atoms with Crippen molar-refractivity contribution in [3.8, 4) is 0 Å². The number of hydrogen-bond donors (Lipinski definition) is 3. The SMILES string of the molecule is CCC(CNC(=O)NC1CCCC(SC)C1)C(=O)O. The third kappa shape index (κ3) is 5.72. The number of thioether (sulfide) groups is 1. The van der Waals surface area contributed by atoms with Crippen molar-refractivity contribution in [2.45, 2.75) is 50.3 Å². The van der Waals surface area contributed by atoms with Crippen molar-refractivity contribution in [2.75, 3.05) is 12.8 Å². The lowest BCUT2D eigenvalue weighted by molar-refractivity contribution is -0.141. The van der Waals surface area contributed by atoms with Crippen molar-refractivity contribution in [3.63, 3.8) is 0 Å². The third-order valence-corrected chi connectivity index (χ3v) is 4.74. The largest absolute Gasteiger partial charge is 0.481 e. The molecule has 1 aliphatic rings. The summed E-state index contributed by atoms with van der Waals surface area (Å²) in [6, 6.07) is -0.0254. The first kappa shape index (κ1) is 16.1. The van der Waals surface area contributed by atoms with Gasteiger partial charge in [-0.3, -0.25) is 4.79 Å². The van der Waals surface area contributed by atoms with Crippen LogP contribution in [0.4, 0.5) is 4.79 Å². The maximum atomic E-state index is 11.7. The van der Waals surface area contributed by atoms with Gasteiger partial charge < -0.3 is 15.7 Å². The number of urea groups is 1. The predicted molar refractivity (Wildman–Crippen MR) is 77.5 cm³/mol. The Labute approximate surface area is 118 Å². The number of nitrogens with one attached hydrogen (secondary N) is 2. The minimum Gasteiger partial charge on any atom is -0.481 e. The van der Waals surface area contributed by atoms with E-state index in [1.54, 1.807) is 0 Å². The van der Waals surface area contributed by atoms with Gasteiger partial charge in [-0.2, -0.15) is 11.8 Å². The molecule has 0 bridgehead atoms. The molecule has 5 nitrogen and oxygen atoms in total. The van der Waals surface area contributed by atoms with Gasteiger partial charge in [-0.1, -0.05) is 13.3 Å². The lowest BCUT2D eigenvalue weighted by Gasteiger charge is -2.28. The van der Waals surface area contributed by atoms with Gasteiger partial charge in [0.1, 0.15) is 0 Å². The van der Waals surface area contributed by atoms with Crippen LogP contribution in [-0.4, -0.2) is 41.2 Å². The summed E-state index contributed by atoms with van der Waals surface area (Å²) >= 11 is 1.85. The number of carboxylic acid groups (broad SMARTS) is 1. The van der Waals surface area contributed by atoms with E-state index in [1.165, 1.54) is 6.42 Å². The number of carbonyl (C=O) groups excluding carboxylic acids is 1. The first-order valence-corrected chi connectivity index (χ1v) is 8.15. The van der Waals surface area contributed by atoms with Crippen molar-refractivity contribution < 1.29 is 14.7 Å². The predicted octanol–water partition coefficient (Wildman–Crippen LogP) is 2.07. The van der Waals surface area contributed by atoms with Gasteiger partial charge in [-0.25, -0.2) is 4.79 Å². The zero-order valence-electron chi connectivity index (χ0n) is 11.6. The van der Waals surface area contributed by atoms with Crippen molar-refractivity contribution in [2.24, 2.45) is 5.92 Å². The molecule has 1 rings (SSSR count). The van der Waals surface area contributed by atoms with Gasteiger partial charge in [-0.05, 0) is 31.9 Å². The van der Waals surface area contributed by atoms with E-state index in [4.69, 9.17) is 5.11 Å². The lowest BCUT2D eigenvalue weighted by Crippen LogP contribution is -2.46. The van der Waals surface area contributed by atoms with Crippen LogP contribution < -0.4 is 10.6 Å². The average Bonchev–Trinajstić information content (AvgIpc) is 2.39. The van der Waals surface area contributed by atoms with Crippen LogP contribution in [0.1, 0.15) is 39.0 Å². The Bertz CT molecular complexity index is 312. The van der Waals surface area contributed by atoms with Gasteiger partial charge in [0.2, 0.25) is 0 Å². The van der Waals surface area contributed by atoms with E-state index < -0.39 is 11.9 Å². The zero-order chi connectivity index (χ0) is 14.3. The molecule has 110 valence electrons. The minimum absolute atomic E-state index is 0.191. The molecule has 0 spiro atoms. The molecule has 1 fully saturated rings. The summed E-state index contributed by atoms with van der Waals surface area (Å²) in [5.74, 6) is -1.36. The fourth-order valence-electron chi connectivity index (χ4n) is 2.35. The molecule has 1 aliphatic carbocycles. The van der Waals surface area contributed by atoms with E-state index in [2.05, 4.69) is 16.9 Å². The monoisotopic (exact) mass is 288 g/mol. The van der Waals surface area contributed by atoms with E-state index in [0.29, 0.717) is 11.7 Å². The number of hydrogen-bond acceptors (Lipinski definition) is 3. The summed E-state index contributed by atoms with van der Waals surface area (Å²) in [4.78, 5) is 22.6. The van der Waals surface area contributed by atoms with Crippen molar-refractivity contribution >= 4 is 23.8 Å². The van der Waals surface area contributed by atoms with E-state index in [0.717, 1.165) is 19.3 Å². The molecule has 3 N–H and O–H groups in total. The van der Waals surface area contributed by atoms with Crippen molar-refractivity contribution in [1.82, 2.24) is 10.6 Å². The number of carboxylic acids is 1. The summed E-state index contributed by atoms with van der Waals surface area (Å²) < 4.78 is 0. The first-order chi connectivity index (χ1) is 9.06. The fraction of sp³-hybridized carbons (Fsp3) is 0.846. The van der Waals surface area contributed by atoms with Crippen LogP contribution in [0.2, 0.25) is 0 Å². The minimum atomic E-state index is -0.858. The van der Waals surface area contributed by atoms with Crippen LogP contribution in [0, 0.1) is 5.92 Å². The molecule has 6 heteroatoms. The molecule has 0 aromatic carbocycles. The Kier molecular flexibility index (Phi) is 7.05. The first-order valence-electron chi connectivity index (χ1n) is 6.86. The molecule has 2 amide bonds. The Hall–Kier alpha value is -0.910. The second-order valence-electron chi connectivity index (χ2n) is 5.02. The van der Waals surface area contributed by atoms with Crippen molar-refractivity contribution in [3.05, 3.63) is 0 Å². The normalized spacial score (nSPS) is 24.5. The van der Waals surface area contributed by atoms with Gasteiger partial charge in [0.15, 0.2) is 0 Å². The van der Waals surface area contributed by atoms with Gasteiger partial charge in [0, 0.05) is 17.8 Å². The second kappa shape index (κ2) is 8.30. The third-order valence-electron chi connectivity index (χ3n) is 3.65. The molecular formula is C13H24N2O3S. The van der Waals surface area contributed by atoms with Crippen LogP contribution in [0.15, 0.2) is 0 Å². The smallest absolute Gasteiger partial charge is 0.315 e. The Morgan fingerprint density at radius 2 is 2.16 bits per heavy atom. The summed E-state index contributed by atoms with van der Waals surface area (Å²) in [7, 11) is 0. The molecule has 19 heavy (non-hydrogen) atoms. The highest BCUT2D eigenvalue weighted by atomic mass is 32.2. The molecule has 0 heterocycles. The molecule has 1 saturated carbocycles. The number of amides is 2. The molecule has 0 aliphatic heterocycles. The van der Waals surface area contributed by atoms with Crippen LogP contribution in [0.25, 0.3) is 0 Å². The zero-order valence-corrected chi connectivity index (χ0v) is 12.5. The Balaban J connectivity index is 2.28. The number of rotatable bonds is 6. The van der Waals surface area contributed by atoms with E-state index in [9.17, 15) is 9.59 Å². The highest BCUT2D eigenvalue weighted by Crippen LogP contribution is 2.26. The van der Waals surface area contributed by atoms with Crippen molar-refractivity contribution in [1.29, 1.82) is 0 Å². The van der Waals surface area contributed by atoms with Crippen LogP contribution >= 0.6 is 11.8 Å². The summed E-state index contributed by atoms with van der Waals surface area (Å²) in [6.45, 7) is 2.00. The highest BCUT2D eigenvalue weighted by Gasteiger charge is 2.23. The van der Waals surface area contributed by atoms with Gasteiger partial charge in [0.25, 0.3) is 0 Å². The second-order valence-corrected chi connectivity index (χ2v) is 6.16. The molecule has 0 saturated heterocycles. The summed E-state index contributed by atoms with van der Waals surface area (Å²) in [6.07, 6.45) is 7.01. The Morgan fingerprint density at radius 1 is 1.42 bits per heavy atom. The molecular weight excluding hydrogens is 264 g/mol. The van der Waals surface area contributed by atoms with Gasteiger partial charge >= 0.3 is 12.0 Å². The van der Waals surface area contributed by atoms with Gasteiger partial charge in [0.05, 0.1) is 5.92 Å². The topological polar surface area (TPSA) is 78.4 Å². The van der Waals surface area contributed by atoms with Crippen LogP contribution in [-0.2, 0) is 4.79 Å². The van der Waals surface area contributed by atoms with Crippen LogP contribution in [0.5, 0.6) is 0 Å². The summed E-state index contributed by atoms with van der Waals surface area (Å²) in [5, 5.41) is 15.1. The quantitative estimate of drug-likeness (QED) is 0.699. The lowest BCUT2D eigenvalue weighted by atomic mass is 9.95. The highest BCUT2D eigenvalue weighted by molar-refractivity contribution is 7.99. The molecule has 0 aromatic heterocycles. The number of carbonyl (C=O) groups is 2. The Morgan fingerprint density at radius 3 is 2.74 bits per heavy atom. The molecule has 3 unspecified atom stereocenters. The fourth-order valence-corrected chi connectivity index (χ4v) is 3.18. The van der Waals surface area contributed by atoms with E-state index in [1.807, 2.05) is 18.7 Å². The standard InChI is InChI=1S/C13H24N2O3S/c1-3-9(12(16)17)8-14-13(18)15-10-5-4-6-11(7-10)19-2/h9-11H,3-8H2,1-2H3,(H,16,17)(H2,14,15,18). The molecule has 3 atom stereocenters. The maximum absolute atomic E-state index is 11.7. The number of aliphatic carboxylic acids is 1. The molecule has 0 aromatic rings. The molecule has 0 radical (unpaired) electrons. The van der Waals surface area contributed by atoms with Crippen LogP contribution in [0.3, 0.4) is 0 Å². The summed E-state index contributed by atoms with van der Waals surface area (Å²) in [5.41, 5.74) is 0. The average molecular weight is 288 g/mol. The maximum Gasteiger partial charge on any atom is 0.315 e.